The van der Waals surface area contributed by atoms with Crippen molar-refractivity contribution in [1.29, 1.82) is 0 Å². The lowest BCUT2D eigenvalue weighted by atomic mass is 10.2. The quantitative estimate of drug-likeness (QED) is 0.569. The molecule has 0 saturated carbocycles. The smallest absolute Gasteiger partial charge is 0.292 e. The monoisotopic (exact) mass is 440 g/mol. The van der Waals surface area contributed by atoms with E-state index in [1.54, 1.807) is 18.0 Å². The van der Waals surface area contributed by atoms with Gasteiger partial charge in [0.05, 0.1) is 23.3 Å². The van der Waals surface area contributed by atoms with Gasteiger partial charge in [-0.1, -0.05) is 48.0 Å². The Labute approximate surface area is 184 Å². The van der Waals surface area contributed by atoms with Crippen molar-refractivity contribution in [2.45, 2.75) is 4.90 Å². The highest BCUT2D eigenvalue weighted by Crippen LogP contribution is 2.24. The summed E-state index contributed by atoms with van der Waals surface area (Å²) in [5.74, 6) is 0.534. The summed E-state index contributed by atoms with van der Waals surface area (Å²) in [5, 5.41) is 4.44. The first-order chi connectivity index (χ1) is 14.6. The third kappa shape index (κ3) is 4.52. The molecule has 1 aliphatic rings. The van der Waals surface area contributed by atoms with Gasteiger partial charge in [-0.05, 0) is 24.3 Å². The fourth-order valence-corrected chi connectivity index (χ4v) is 4.42. The number of hydrogen-bond donors (Lipinski definition) is 0. The van der Waals surface area contributed by atoms with Crippen molar-refractivity contribution in [3.05, 3.63) is 82.2 Å². The van der Waals surface area contributed by atoms with Crippen LogP contribution in [0.25, 0.3) is 5.69 Å². The highest BCUT2D eigenvalue weighted by molar-refractivity contribution is 8.00. The number of aromatic nitrogens is 2. The fourth-order valence-electron chi connectivity index (χ4n) is 3.35. The number of thioether (sulfide) groups is 1. The average molecular weight is 441 g/mol. The van der Waals surface area contributed by atoms with Gasteiger partial charge in [0.2, 0.25) is 5.91 Å². The van der Waals surface area contributed by atoms with Crippen molar-refractivity contribution in [2.24, 2.45) is 0 Å². The van der Waals surface area contributed by atoms with Crippen LogP contribution in [0.3, 0.4) is 0 Å². The van der Waals surface area contributed by atoms with Crippen molar-refractivity contribution in [3.63, 3.8) is 0 Å². The molecule has 30 heavy (non-hydrogen) atoms. The minimum absolute atomic E-state index is 0.118. The van der Waals surface area contributed by atoms with E-state index in [2.05, 4.69) is 5.10 Å². The van der Waals surface area contributed by atoms with Crippen molar-refractivity contribution >= 4 is 35.0 Å². The van der Waals surface area contributed by atoms with Gasteiger partial charge in [-0.3, -0.25) is 9.59 Å². The van der Waals surface area contributed by atoms with Gasteiger partial charge in [-0.25, -0.2) is 0 Å². The fraction of sp³-hybridized carbons (Fsp3) is 0.227. The van der Waals surface area contributed by atoms with Crippen LogP contribution in [0.4, 0.5) is 5.69 Å². The summed E-state index contributed by atoms with van der Waals surface area (Å²) in [4.78, 5) is 30.2. The molecule has 0 spiro atoms. The minimum Gasteiger partial charge on any atom is -0.365 e. The number of halogens is 1. The number of anilines is 1. The Kier molecular flexibility index (Phi) is 6.40. The topological polar surface area (TPSA) is 58.4 Å². The van der Waals surface area contributed by atoms with E-state index in [4.69, 9.17) is 11.6 Å². The molecule has 0 aliphatic carbocycles. The number of amides is 1. The van der Waals surface area contributed by atoms with Crippen molar-refractivity contribution in [1.82, 2.24) is 14.7 Å². The Morgan fingerprint density at radius 3 is 2.27 bits per heavy atom. The third-order valence-electron chi connectivity index (χ3n) is 4.98. The number of nitrogens with zero attached hydrogens (tertiary/aromatic N) is 4. The van der Waals surface area contributed by atoms with Crippen LogP contribution in [0.1, 0.15) is 0 Å². The van der Waals surface area contributed by atoms with Gasteiger partial charge in [0.1, 0.15) is 5.02 Å². The summed E-state index contributed by atoms with van der Waals surface area (Å²) in [6, 6.07) is 19.1. The zero-order valence-electron chi connectivity index (χ0n) is 16.3. The molecule has 1 amide bonds. The number of para-hydroxylation sites is 1. The Morgan fingerprint density at radius 1 is 0.967 bits per heavy atom. The second-order valence-corrected chi connectivity index (χ2v) is 8.29. The summed E-state index contributed by atoms with van der Waals surface area (Å²) in [7, 11) is 0. The molecule has 0 radical (unpaired) electrons. The standard InChI is InChI=1S/C22H21ClN4O2S/c23-21-19(15-24-27(22(21)29)17-7-3-1-4-8-17)25-11-13-26(14-12-25)20(28)16-30-18-9-5-2-6-10-18/h1-10,15H,11-14,16H2. The molecule has 1 aromatic heterocycles. The van der Waals surface area contributed by atoms with Crippen LogP contribution in [0.2, 0.25) is 5.02 Å². The molecule has 0 N–H and O–H groups in total. The Hall–Kier alpha value is -2.77. The van der Waals surface area contributed by atoms with Crippen molar-refractivity contribution in [2.75, 3.05) is 36.8 Å². The highest BCUT2D eigenvalue weighted by Gasteiger charge is 2.24. The first-order valence-corrected chi connectivity index (χ1v) is 11.0. The molecule has 1 fully saturated rings. The van der Waals surface area contributed by atoms with E-state index in [-0.39, 0.29) is 16.5 Å². The highest BCUT2D eigenvalue weighted by atomic mass is 35.5. The normalized spacial score (nSPS) is 14.0. The van der Waals surface area contributed by atoms with Crippen LogP contribution in [0, 0.1) is 0 Å². The van der Waals surface area contributed by atoms with E-state index in [1.165, 1.54) is 4.68 Å². The van der Waals surface area contributed by atoms with Crippen molar-refractivity contribution < 1.29 is 4.79 Å². The summed E-state index contributed by atoms with van der Waals surface area (Å²) in [6.07, 6.45) is 1.62. The third-order valence-corrected chi connectivity index (χ3v) is 6.33. The van der Waals surface area contributed by atoms with E-state index in [0.29, 0.717) is 43.3 Å². The first kappa shape index (κ1) is 20.5. The maximum Gasteiger partial charge on any atom is 0.292 e. The second-order valence-electron chi connectivity index (χ2n) is 6.87. The van der Waals surface area contributed by atoms with Gasteiger partial charge in [-0.2, -0.15) is 9.78 Å². The van der Waals surface area contributed by atoms with Crippen LogP contribution >= 0.6 is 23.4 Å². The number of piperazine rings is 1. The van der Waals surface area contributed by atoms with Gasteiger partial charge in [-0.15, -0.1) is 11.8 Å². The lowest BCUT2D eigenvalue weighted by Gasteiger charge is -2.36. The molecule has 6 nitrogen and oxygen atoms in total. The van der Waals surface area contributed by atoms with Gasteiger partial charge >= 0.3 is 0 Å². The largest absolute Gasteiger partial charge is 0.365 e. The molecule has 154 valence electrons. The number of rotatable bonds is 5. The zero-order valence-corrected chi connectivity index (χ0v) is 17.9. The second kappa shape index (κ2) is 9.36. The molecular weight excluding hydrogens is 420 g/mol. The van der Waals surface area contributed by atoms with Crippen LogP contribution < -0.4 is 10.5 Å². The number of carbonyl (C=O) groups is 1. The van der Waals surface area contributed by atoms with Gasteiger partial charge < -0.3 is 9.80 Å². The molecule has 1 aliphatic heterocycles. The number of carbonyl (C=O) groups excluding carboxylic acids is 1. The van der Waals surface area contributed by atoms with Gasteiger partial charge in [0.25, 0.3) is 5.56 Å². The molecule has 4 rings (SSSR count). The SMILES string of the molecule is O=C(CSc1ccccc1)N1CCN(c2cnn(-c3ccccc3)c(=O)c2Cl)CC1. The molecule has 2 aromatic carbocycles. The predicted molar refractivity (Wildman–Crippen MR) is 121 cm³/mol. The van der Waals surface area contributed by atoms with Gasteiger partial charge in [0.15, 0.2) is 0 Å². The maximum atomic E-state index is 12.7. The van der Waals surface area contributed by atoms with Crippen LogP contribution in [-0.2, 0) is 4.79 Å². The molecule has 2 heterocycles. The molecule has 8 heteroatoms. The van der Waals surface area contributed by atoms with E-state index in [1.807, 2.05) is 70.5 Å². The molecule has 0 bridgehead atoms. The average Bonchev–Trinajstić information content (AvgIpc) is 2.80. The Bertz CT molecular complexity index is 1070. The van der Waals surface area contributed by atoms with Crippen LogP contribution in [0.5, 0.6) is 0 Å². The number of hydrogen-bond acceptors (Lipinski definition) is 5. The van der Waals surface area contributed by atoms with Gasteiger partial charge in [0, 0.05) is 31.1 Å². The molecular formula is C22H21ClN4O2S. The summed E-state index contributed by atoms with van der Waals surface area (Å²) in [6.45, 7) is 2.40. The van der Waals surface area contributed by atoms with E-state index < -0.39 is 0 Å². The lowest BCUT2D eigenvalue weighted by Crippen LogP contribution is -2.49. The van der Waals surface area contributed by atoms with E-state index in [9.17, 15) is 9.59 Å². The molecule has 1 saturated heterocycles. The van der Waals surface area contributed by atoms with E-state index in [0.717, 1.165) is 4.90 Å². The first-order valence-electron chi connectivity index (χ1n) is 9.67. The Morgan fingerprint density at radius 2 is 1.60 bits per heavy atom. The number of benzene rings is 2. The Balaban J connectivity index is 1.39. The molecule has 0 atom stereocenters. The summed E-state index contributed by atoms with van der Waals surface area (Å²) >= 11 is 7.94. The summed E-state index contributed by atoms with van der Waals surface area (Å²) in [5.41, 5.74) is 0.931. The zero-order chi connectivity index (χ0) is 20.9. The lowest BCUT2D eigenvalue weighted by molar-refractivity contribution is -0.128. The summed E-state index contributed by atoms with van der Waals surface area (Å²) < 4.78 is 1.30. The van der Waals surface area contributed by atoms with Crippen molar-refractivity contribution in [3.8, 4) is 5.69 Å². The minimum atomic E-state index is -0.349. The maximum absolute atomic E-state index is 12.7. The van der Waals surface area contributed by atoms with Crippen LogP contribution in [-0.4, -0.2) is 52.5 Å². The molecule has 0 unspecified atom stereocenters. The van der Waals surface area contributed by atoms with Crippen LogP contribution in [0.15, 0.2) is 76.6 Å². The van der Waals surface area contributed by atoms with E-state index >= 15 is 0 Å². The predicted octanol–water partition coefficient (Wildman–Crippen LogP) is 3.33. The molecule has 3 aromatic rings.